The van der Waals surface area contributed by atoms with E-state index >= 15 is 0 Å². The van der Waals surface area contributed by atoms with Gasteiger partial charge in [0.15, 0.2) is 0 Å². The summed E-state index contributed by atoms with van der Waals surface area (Å²) in [6.07, 6.45) is 0.916. The fraction of sp³-hybridized carbons (Fsp3) is 0.350. The van der Waals surface area contributed by atoms with Gasteiger partial charge in [0.2, 0.25) is 5.91 Å². The van der Waals surface area contributed by atoms with Crippen LogP contribution in [0, 0.1) is 5.82 Å². The maximum Gasteiger partial charge on any atom is 0.237 e. The van der Waals surface area contributed by atoms with E-state index < -0.39 is 0 Å². The van der Waals surface area contributed by atoms with Crippen molar-refractivity contribution in [2.75, 3.05) is 20.1 Å². The third kappa shape index (κ3) is 3.65. The fourth-order valence-electron chi connectivity index (χ4n) is 3.15. The van der Waals surface area contributed by atoms with Crippen molar-refractivity contribution in [2.45, 2.75) is 25.9 Å². The first-order chi connectivity index (χ1) is 11.5. The summed E-state index contributed by atoms with van der Waals surface area (Å²) in [4.78, 5) is 16.6. The van der Waals surface area contributed by atoms with Gasteiger partial charge in [-0.15, -0.1) is 0 Å². The maximum absolute atomic E-state index is 13.1. The molecule has 0 aromatic heterocycles. The lowest BCUT2D eigenvalue weighted by Crippen LogP contribution is -2.42. The molecule has 0 radical (unpaired) electrons. The molecule has 1 unspecified atom stereocenters. The van der Waals surface area contributed by atoms with Gasteiger partial charge in [-0.05, 0) is 49.2 Å². The number of halogens is 1. The van der Waals surface area contributed by atoms with Gasteiger partial charge in [-0.2, -0.15) is 0 Å². The molecule has 1 aliphatic heterocycles. The molecule has 1 heterocycles. The van der Waals surface area contributed by atoms with Crippen molar-refractivity contribution in [1.82, 2.24) is 9.80 Å². The molecular formula is C20H23FN2O. The summed E-state index contributed by atoms with van der Waals surface area (Å²) in [7, 11) is 1.93. The van der Waals surface area contributed by atoms with E-state index in [1.54, 1.807) is 12.1 Å². The van der Waals surface area contributed by atoms with Gasteiger partial charge in [0.25, 0.3) is 0 Å². The first kappa shape index (κ1) is 16.7. The van der Waals surface area contributed by atoms with Gasteiger partial charge in [0, 0.05) is 19.1 Å². The number of carbonyl (C=O) groups is 1. The number of amides is 1. The van der Waals surface area contributed by atoms with Gasteiger partial charge in [0.1, 0.15) is 5.82 Å². The SMILES string of the molecule is CC(c1ccc(F)cc1)N(C)CC(=O)N1CCc2ccccc2C1. The van der Waals surface area contributed by atoms with Crippen molar-refractivity contribution in [3.63, 3.8) is 0 Å². The zero-order chi connectivity index (χ0) is 17.1. The van der Waals surface area contributed by atoms with E-state index in [9.17, 15) is 9.18 Å². The van der Waals surface area contributed by atoms with Crippen LogP contribution in [-0.2, 0) is 17.8 Å². The molecule has 1 atom stereocenters. The number of benzene rings is 2. The zero-order valence-electron chi connectivity index (χ0n) is 14.2. The van der Waals surface area contributed by atoms with Crippen molar-refractivity contribution in [3.8, 4) is 0 Å². The van der Waals surface area contributed by atoms with Crippen LogP contribution in [0.15, 0.2) is 48.5 Å². The lowest BCUT2D eigenvalue weighted by atomic mass is 10.00. The van der Waals surface area contributed by atoms with Crippen LogP contribution in [0.3, 0.4) is 0 Å². The lowest BCUT2D eigenvalue weighted by Gasteiger charge is -2.32. The van der Waals surface area contributed by atoms with Gasteiger partial charge >= 0.3 is 0 Å². The summed E-state index contributed by atoms with van der Waals surface area (Å²) in [5.74, 6) is -0.0994. The number of hydrogen-bond donors (Lipinski definition) is 0. The molecule has 0 spiro atoms. The Kier molecular flexibility index (Phi) is 4.95. The zero-order valence-corrected chi connectivity index (χ0v) is 14.2. The van der Waals surface area contributed by atoms with Crippen LogP contribution >= 0.6 is 0 Å². The summed E-state index contributed by atoms with van der Waals surface area (Å²) in [5.41, 5.74) is 3.59. The standard InChI is InChI=1S/C20H23FN2O/c1-15(16-7-9-19(21)10-8-16)22(2)14-20(24)23-12-11-17-5-3-4-6-18(17)13-23/h3-10,15H,11-14H2,1-2H3. The minimum absolute atomic E-state index is 0.0617. The highest BCUT2D eigenvalue weighted by atomic mass is 19.1. The molecule has 2 aromatic carbocycles. The Morgan fingerprint density at radius 2 is 1.83 bits per heavy atom. The summed E-state index contributed by atoms with van der Waals surface area (Å²) in [6.45, 7) is 3.86. The minimum Gasteiger partial charge on any atom is -0.337 e. The lowest BCUT2D eigenvalue weighted by molar-refractivity contribution is -0.133. The van der Waals surface area contributed by atoms with Crippen molar-refractivity contribution >= 4 is 5.91 Å². The Morgan fingerprint density at radius 1 is 1.17 bits per heavy atom. The van der Waals surface area contributed by atoms with Gasteiger partial charge in [-0.1, -0.05) is 36.4 Å². The summed E-state index contributed by atoms with van der Waals surface area (Å²) in [6, 6.07) is 14.8. The molecule has 24 heavy (non-hydrogen) atoms. The fourth-order valence-corrected chi connectivity index (χ4v) is 3.15. The molecule has 4 heteroatoms. The smallest absolute Gasteiger partial charge is 0.237 e. The molecule has 0 bridgehead atoms. The highest BCUT2D eigenvalue weighted by Gasteiger charge is 2.23. The van der Waals surface area contributed by atoms with E-state index in [0.29, 0.717) is 13.1 Å². The monoisotopic (exact) mass is 326 g/mol. The van der Waals surface area contributed by atoms with Crippen LogP contribution in [-0.4, -0.2) is 35.8 Å². The van der Waals surface area contributed by atoms with E-state index in [2.05, 4.69) is 18.2 Å². The second kappa shape index (κ2) is 7.14. The normalized spacial score (nSPS) is 15.2. The molecular weight excluding hydrogens is 303 g/mol. The molecule has 0 fully saturated rings. The third-order valence-corrected chi connectivity index (χ3v) is 4.88. The van der Waals surface area contributed by atoms with Gasteiger partial charge in [-0.3, -0.25) is 9.69 Å². The van der Waals surface area contributed by atoms with Crippen molar-refractivity contribution in [1.29, 1.82) is 0 Å². The average Bonchev–Trinajstić information content (AvgIpc) is 2.61. The topological polar surface area (TPSA) is 23.6 Å². The maximum atomic E-state index is 13.1. The molecule has 1 aliphatic rings. The van der Waals surface area contributed by atoms with E-state index in [1.165, 1.54) is 23.3 Å². The van der Waals surface area contributed by atoms with E-state index in [1.807, 2.05) is 29.8 Å². The third-order valence-electron chi connectivity index (χ3n) is 4.88. The number of nitrogens with zero attached hydrogens (tertiary/aromatic N) is 2. The summed E-state index contributed by atoms with van der Waals surface area (Å²) >= 11 is 0. The minimum atomic E-state index is -0.239. The Morgan fingerprint density at radius 3 is 2.54 bits per heavy atom. The largest absolute Gasteiger partial charge is 0.337 e. The number of fused-ring (bicyclic) bond motifs is 1. The molecule has 0 saturated carbocycles. The molecule has 2 aromatic rings. The Bertz CT molecular complexity index is 714. The van der Waals surface area contributed by atoms with Crippen LogP contribution in [0.2, 0.25) is 0 Å². The molecule has 0 saturated heterocycles. The second-order valence-electron chi connectivity index (χ2n) is 6.48. The first-order valence-electron chi connectivity index (χ1n) is 8.35. The highest BCUT2D eigenvalue weighted by molar-refractivity contribution is 5.78. The van der Waals surface area contributed by atoms with Crippen LogP contribution in [0.25, 0.3) is 0 Å². The molecule has 126 valence electrons. The van der Waals surface area contributed by atoms with Crippen LogP contribution in [0.5, 0.6) is 0 Å². The molecule has 3 rings (SSSR count). The predicted molar refractivity (Wildman–Crippen MR) is 93.0 cm³/mol. The van der Waals surface area contributed by atoms with Crippen molar-refractivity contribution < 1.29 is 9.18 Å². The van der Waals surface area contributed by atoms with Crippen LogP contribution in [0.4, 0.5) is 4.39 Å². The summed E-state index contributed by atoms with van der Waals surface area (Å²) in [5, 5.41) is 0. The van der Waals surface area contributed by atoms with Gasteiger partial charge in [-0.25, -0.2) is 4.39 Å². The second-order valence-corrected chi connectivity index (χ2v) is 6.48. The van der Waals surface area contributed by atoms with Crippen molar-refractivity contribution in [2.24, 2.45) is 0 Å². The highest BCUT2D eigenvalue weighted by Crippen LogP contribution is 2.21. The first-order valence-corrected chi connectivity index (χ1v) is 8.35. The van der Waals surface area contributed by atoms with Crippen LogP contribution < -0.4 is 0 Å². The van der Waals surface area contributed by atoms with E-state index in [4.69, 9.17) is 0 Å². The Balaban J connectivity index is 1.61. The average molecular weight is 326 g/mol. The molecule has 3 nitrogen and oxygen atoms in total. The Hall–Kier alpha value is -2.20. The Labute approximate surface area is 142 Å². The number of hydrogen-bond acceptors (Lipinski definition) is 2. The molecule has 0 aliphatic carbocycles. The molecule has 1 amide bonds. The van der Waals surface area contributed by atoms with Crippen molar-refractivity contribution in [3.05, 3.63) is 71.0 Å². The number of carbonyl (C=O) groups excluding carboxylic acids is 1. The van der Waals surface area contributed by atoms with Gasteiger partial charge < -0.3 is 4.90 Å². The van der Waals surface area contributed by atoms with Gasteiger partial charge in [0.05, 0.1) is 6.54 Å². The van der Waals surface area contributed by atoms with E-state index in [0.717, 1.165) is 18.5 Å². The van der Waals surface area contributed by atoms with E-state index in [-0.39, 0.29) is 17.8 Å². The number of rotatable bonds is 4. The quantitative estimate of drug-likeness (QED) is 0.860. The molecule has 0 N–H and O–H groups in total. The number of likely N-dealkylation sites (N-methyl/N-ethyl adjacent to an activating group) is 1. The summed E-state index contributed by atoms with van der Waals surface area (Å²) < 4.78 is 13.1. The predicted octanol–water partition coefficient (Wildman–Crippen LogP) is 3.40. The van der Waals surface area contributed by atoms with Crippen LogP contribution in [0.1, 0.15) is 29.7 Å².